The number of benzene rings is 2. The highest BCUT2D eigenvalue weighted by Crippen LogP contribution is 2.33. The summed E-state index contributed by atoms with van der Waals surface area (Å²) >= 11 is 6.05. The lowest BCUT2D eigenvalue weighted by Gasteiger charge is -2.23. The van der Waals surface area contributed by atoms with E-state index in [1.165, 1.54) is 12.1 Å². The molecule has 1 aliphatic heterocycles. The van der Waals surface area contributed by atoms with Crippen LogP contribution in [0.25, 0.3) is 0 Å². The monoisotopic (exact) mass is 448 g/mol. The number of halogens is 1. The van der Waals surface area contributed by atoms with Gasteiger partial charge in [-0.1, -0.05) is 37.6 Å². The lowest BCUT2D eigenvalue weighted by atomic mass is 10.0. The Bertz CT molecular complexity index is 1010. The van der Waals surface area contributed by atoms with Crippen molar-refractivity contribution in [1.29, 1.82) is 0 Å². The van der Waals surface area contributed by atoms with E-state index < -0.39 is 22.8 Å². The molecule has 2 aromatic carbocycles. The minimum atomic E-state index is -0.942. The van der Waals surface area contributed by atoms with E-state index in [0.29, 0.717) is 16.9 Å². The average molecular weight is 449 g/mol. The summed E-state index contributed by atoms with van der Waals surface area (Å²) in [6.07, 6.45) is 0. The minimum absolute atomic E-state index is 0.00569. The summed E-state index contributed by atoms with van der Waals surface area (Å²) in [6.45, 7) is 3.41. The van der Waals surface area contributed by atoms with Gasteiger partial charge >= 0.3 is 5.97 Å². The molecule has 0 fully saturated rings. The summed E-state index contributed by atoms with van der Waals surface area (Å²) in [5.41, 5.74) is 0.926. The van der Waals surface area contributed by atoms with Gasteiger partial charge in [0.2, 0.25) is 0 Å². The fraction of sp³-hybridized carbons (Fsp3) is 0.333. The van der Waals surface area contributed by atoms with Gasteiger partial charge in [0.25, 0.3) is 11.6 Å². The molecule has 1 atom stereocenters. The molecule has 1 heterocycles. The summed E-state index contributed by atoms with van der Waals surface area (Å²) in [7, 11) is 0. The molecule has 1 amide bonds. The van der Waals surface area contributed by atoms with Gasteiger partial charge in [-0.2, -0.15) is 0 Å². The first-order chi connectivity index (χ1) is 14.8. The van der Waals surface area contributed by atoms with Crippen LogP contribution >= 0.6 is 11.6 Å². The number of non-ortho nitro benzene ring substituents is 1. The third kappa shape index (κ3) is 5.31. The molecule has 9 nitrogen and oxygen atoms in total. The van der Waals surface area contributed by atoms with Crippen LogP contribution in [0, 0.1) is 16.0 Å². The second-order valence-electron chi connectivity index (χ2n) is 7.24. The van der Waals surface area contributed by atoms with E-state index in [4.69, 9.17) is 25.8 Å². The normalized spacial score (nSPS) is 13.7. The maximum atomic E-state index is 12.7. The van der Waals surface area contributed by atoms with Crippen molar-refractivity contribution in [2.75, 3.05) is 6.79 Å². The fourth-order valence-electron chi connectivity index (χ4n) is 3.09. The van der Waals surface area contributed by atoms with E-state index >= 15 is 0 Å². The van der Waals surface area contributed by atoms with E-state index in [0.717, 1.165) is 0 Å². The van der Waals surface area contributed by atoms with Gasteiger partial charge in [-0.3, -0.25) is 14.9 Å². The summed E-state index contributed by atoms with van der Waals surface area (Å²) in [4.78, 5) is 36.0. The number of nitrogens with one attached hydrogen (secondary N) is 1. The maximum Gasteiger partial charge on any atom is 0.329 e. The lowest BCUT2D eigenvalue weighted by Crippen LogP contribution is -2.45. The number of nitro groups is 1. The molecule has 0 radical (unpaired) electrons. The summed E-state index contributed by atoms with van der Waals surface area (Å²) in [6, 6.07) is 8.20. The third-order valence-corrected chi connectivity index (χ3v) is 5.01. The number of carbonyl (C=O) groups is 2. The number of nitrogens with zero attached hydrogens (tertiary/aromatic N) is 1. The summed E-state index contributed by atoms with van der Waals surface area (Å²) < 4.78 is 16.0. The Balaban J connectivity index is 1.75. The molecular formula is C21H21ClN2O7. The number of ether oxygens (including phenoxy) is 3. The van der Waals surface area contributed by atoms with Crippen LogP contribution in [0.15, 0.2) is 36.4 Å². The number of esters is 1. The maximum absolute atomic E-state index is 12.7. The highest BCUT2D eigenvalue weighted by atomic mass is 35.5. The third-order valence-electron chi connectivity index (χ3n) is 4.68. The largest absolute Gasteiger partial charge is 0.467 e. The molecule has 164 valence electrons. The number of hydrogen-bond acceptors (Lipinski definition) is 7. The van der Waals surface area contributed by atoms with Crippen LogP contribution in [-0.2, 0) is 27.5 Å². The Morgan fingerprint density at radius 1 is 1.29 bits per heavy atom. The molecule has 0 aromatic heterocycles. The first kappa shape index (κ1) is 22.5. The average Bonchev–Trinajstić information content (AvgIpc) is 2.75. The predicted octanol–water partition coefficient (Wildman–Crippen LogP) is 3.61. The molecule has 3 rings (SSSR count). The number of fused-ring (bicyclic) bond motifs is 1. The summed E-state index contributed by atoms with van der Waals surface area (Å²) in [5, 5.41) is 14.1. The van der Waals surface area contributed by atoms with Crippen molar-refractivity contribution in [2.24, 2.45) is 5.92 Å². The molecule has 0 aliphatic carbocycles. The van der Waals surface area contributed by atoms with Crippen LogP contribution in [0.3, 0.4) is 0 Å². The Morgan fingerprint density at radius 2 is 2.03 bits per heavy atom. The van der Waals surface area contributed by atoms with Crippen molar-refractivity contribution in [3.8, 4) is 5.75 Å². The molecule has 0 bridgehead atoms. The molecule has 10 heteroatoms. The van der Waals surface area contributed by atoms with Gasteiger partial charge in [0.15, 0.2) is 6.79 Å². The summed E-state index contributed by atoms with van der Waals surface area (Å²) in [5.74, 6) is -1.06. The zero-order chi connectivity index (χ0) is 22.5. The molecule has 0 saturated heterocycles. The van der Waals surface area contributed by atoms with Gasteiger partial charge in [0.1, 0.15) is 18.4 Å². The predicted molar refractivity (Wildman–Crippen MR) is 111 cm³/mol. The van der Waals surface area contributed by atoms with Gasteiger partial charge in [-0.05, 0) is 18.1 Å². The zero-order valence-electron chi connectivity index (χ0n) is 16.9. The van der Waals surface area contributed by atoms with Crippen LogP contribution in [0.2, 0.25) is 5.02 Å². The molecule has 0 spiro atoms. The second kappa shape index (κ2) is 9.76. The van der Waals surface area contributed by atoms with Crippen molar-refractivity contribution in [1.82, 2.24) is 5.32 Å². The number of nitro benzene ring substituents is 1. The van der Waals surface area contributed by atoms with E-state index in [-0.39, 0.29) is 42.2 Å². The molecule has 31 heavy (non-hydrogen) atoms. The molecule has 0 saturated carbocycles. The Labute approximate surface area is 183 Å². The van der Waals surface area contributed by atoms with Crippen molar-refractivity contribution in [2.45, 2.75) is 33.1 Å². The second-order valence-corrected chi connectivity index (χ2v) is 7.65. The van der Waals surface area contributed by atoms with Gasteiger partial charge in [0, 0.05) is 23.3 Å². The Hall–Kier alpha value is -3.17. The van der Waals surface area contributed by atoms with Crippen molar-refractivity contribution < 1.29 is 28.7 Å². The van der Waals surface area contributed by atoms with E-state index in [1.54, 1.807) is 38.1 Å². The van der Waals surface area contributed by atoms with Crippen LogP contribution in [0.1, 0.15) is 35.3 Å². The van der Waals surface area contributed by atoms with E-state index in [1.807, 2.05) is 0 Å². The molecule has 1 aliphatic rings. The van der Waals surface area contributed by atoms with Crippen molar-refractivity contribution >= 4 is 29.2 Å². The molecule has 2 aromatic rings. The SMILES string of the molecule is CC(C)[C@@H](NC(=O)c1ccccc1Cl)C(=O)OCc1cc([N+](=O)[O-])cc2c1OCOC2. The quantitative estimate of drug-likeness (QED) is 0.390. The van der Waals surface area contributed by atoms with Gasteiger partial charge in [0.05, 0.1) is 22.1 Å². The van der Waals surface area contributed by atoms with Gasteiger partial charge in [-0.15, -0.1) is 0 Å². The molecule has 0 unspecified atom stereocenters. The first-order valence-corrected chi connectivity index (χ1v) is 9.88. The fourth-order valence-corrected chi connectivity index (χ4v) is 3.32. The zero-order valence-corrected chi connectivity index (χ0v) is 17.7. The number of hydrogen-bond donors (Lipinski definition) is 1. The topological polar surface area (TPSA) is 117 Å². The van der Waals surface area contributed by atoms with Crippen LogP contribution in [-0.4, -0.2) is 29.6 Å². The smallest absolute Gasteiger partial charge is 0.329 e. The lowest BCUT2D eigenvalue weighted by molar-refractivity contribution is -0.385. The number of carbonyl (C=O) groups excluding carboxylic acids is 2. The molecular weight excluding hydrogens is 428 g/mol. The standard InChI is InChI=1S/C21H21ClN2O7/c1-12(2)18(23-20(25)16-5-3-4-6-17(16)22)21(26)30-10-14-8-15(24(27)28)7-13-9-29-11-31-19(13)14/h3-8,12,18H,9-11H2,1-2H3,(H,23,25)/t18-/m1/s1. The van der Waals surface area contributed by atoms with Crippen LogP contribution < -0.4 is 10.1 Å². The van der Waals surface area contributed by atoms with Crippen molar-refractivity contribution in [3.05, 3.63) is 68.2 Å². The highest BCUT2D eigenvalue weighted by molar-refractivity contribution is 6.33. The molecule has 1 N–H and O–H groups in total. The Kier molecular flexibility index (Phi) is 7.09. The first-order valence-electron chi connectivity index (χ1n) is 9.50. The van der Waals surface area contributed by atoms with E-state index in [9.17, 15) is 19.7 Å². The van der Waals surface area contributed by atoms with Crippen LogP contribution in [0.5, 0.6) is 5.75 Å². The minimum Gasteiger partial charge on any atom is -0.467 e. The van der Waals surface area contributed by atoms with Crippen molar-refractivity contribution in [3.63, 3.8) is 0 Å². The number of amides is 1. The number of rotatable bonds is 7. The van der Waals surface area contributed by atoms with Gasteiger partial charge in [-0.25, -0.2) is 4.79 Å². The Morgan fingerprint density at radius 3 is 2.71 bits per heavy atom. The highest BCUT2D eigenvalue weighted by Gasteiger charge is 2.28. The van der Waals surface area contributed by atoms with Crippen LogP contribution in [0.4, 0.5) is 5.69 Å². The van der Waals surface area contributed by atoms with Gasteiger partial charge < -0.3 is 19.5 Å². The van der Waals surface area contributed by atoms with E-state index in [2.05, 4.69) is 5.32 Å².